The molecule has 3 rings (SSSR count). The van der Waals surface area contributed by atoms with Crippen molar-refractivity contribution in [1.29, 1.82) is 0 Å². The van der Waals surface area contributed by atoms with E-state index in [1.54, 1.807) is 0 Å². The van der Waals surface area contributed by atoms with Crippen molar-refractivity contribution in [1.82, 2.24) is 10.6 Å². The highest BCUT2D eigenvalue weighted by Gasteiger charge is 2.25. The van der Waals surface area contributed by atoms with E-state index in [0.29, 0.717) is 5.56 Å². The van der Waals surface area contributed by atoms with E-state index in [2.05, 4.69) is 10.6 Å². The SMILES string of the molecule is NC(CC(=O)O)C(=O)NC(Cc1ccc(F)cc1)C(=O)NCc1cccc2ccccc12. The fourth-order valence-corrected chi connectivity index (χ4v) is 3.38. The van der Waals surface area contributed by atoms with Gasteiger partial charge in [-0.05, 0) is 34.0 Å². The summed E-state index contributed by atoms with van der Waals surface area (Å²) in [5.41, 5.74) is 7.17. The van der Waals surface area contributed by atoms with E-state index < -0.39 is 42.1 Å². The van der Waals surface area contributed by atoms with Gasteiger partial charge in [-0.2, -0.15) is 0 Å². The van der Waals surface area contributed by atoms with Crippen LogP contribution in [0.5, 0.6) is 0 Å². The molecule has 0 aliphatic rings. The van der Waals surface area contributed by atoms with Gasteiger partial charge in [0.15, 0.2) is 0 Å². The molecule has 0 radical (unpaired) electrons. The van der Waals surface area contributed by atoms with Gasteiger partial charge >= 0.3 is 5.97 Å². The monoisotopic (exact) mass is 437 g/mol. The fraction of sp³-hybridized carbons (Fsp3) is 0.208. The molecule has 3 aromatic carbocycles. The predicted molar refractivity (Wildman–Crippen MR) is 118 cm³/mol. The lowest BCUT2D eigenvalue weighted by atomic mass is 10.0. The number of halogens is 1. The third kappa shape index (κ3) is 6.12. The minimum Gasteiger partial charge on any atom is -0.481 e. The van der Waals surface area contributed by atoms with Crippen LogP contribution < -0.4 is 16.4 Å². The van der Waals surface area contributed by atoms with E-state index in [1.807, 2.05) is 42.5 Å². The van der Waals surface area contributed by atoms with Crippen molar-refractivity contribution in [2.45, 2.75) is 31.5 Å². The van der Waals surface area contributed by atoms with Gasteiger partial charge in [-0.1, -0.05) is 54.6 Å². The minimum atomic E-state index is -1.30. The van der Waals surface area contributed by atoms with E-state index in [0.717, 1.165) is 16.3 Å². The van der Waals surface area contributed by atoms with Gasteiger partial charge in [0, 0.05) is 13.0 Å². The van der Waals surface area contributed by atoms with Crippen LogP contribution in [0.15, 0.2) is 66.7 Å². The molecular weight excluding hydrogens is 413 g/mol. The van der Waals surface area contributed by atoms with Crippen molar-refractivity contribution >= 4 is 28.6 Å². The van der Waals surface area contributed by atoms with Crippen LogP contribution in [-0.4, -0.2) is 35.0 Å². The first-order valence-electron chi connectivity index (χ1n) is 10.1. The third-order valence-electron chi connectivity index (χ3n) is 5.05. The first-order valence-corrected chi connectivity index (χ1v) is 10.1. The van der Waals surface area contributed by atoms with Crippen LogP contribution in [0.1, 0.15) is 17.5 Å². The van der Waals surface area contributed by atoms with Crippen LogP contribution in [0.3, 0.4) is 0 Å². The second kappa shape index (κ2) is 10.5. The summed E-state index contributed by atoms with van der Waals surface area (Å²) in [5.74, 6) is -2.85. The fourth-order valence-electron chi connectivity index (χ4n) is 3.38. The smallest absolute Gasteiger partial charge is 0.305 e. The lowest BCUT2D eigenvalue weighted by Gasteiger charge is -2.21. The number of amides is 2. The minimum absolute atomic E-state index is 0.0905. The van der Waals surface area contributed by atoms with Gasteiger partial charge in [-0.3, -0.25) is 14.4 Å². The standard InChI is InChI=1S/C24H24FN3O4/c25-18-10-8-15(9-11-18)12-21(28-23(31)20(26)13-22(29)30)24(32)27-14-17-6-3-5-16-4-1-2-7-19(16)17/h1-11,20-21H,12-14,26H2,(H,27,32)(H,28,31)(H,29,30). The van der Waals surface area contributed by atoms with Crippen LogP contribution in [-0.2, 0) is 27.3 Å². The van der Waals surface area contributed by atoms with Crippen LogP contribution in [0, 0.1) is 5.82 Å². The van der Waals surface area contributed by atoms with Crippen LogP contribution in [0.4, 0.5) is 4.39 Å². The molecule has 32 heavy (non-hydrogen) atoms. The second-order valence-electron chi connectivity index (χ2n) is 7.45. The molecule has 0 fully saturated rings. The Morgan fingerprint density at radius 3 is 2.34 bits per heavy atom. The molecule has 2 atom stereocenters. The Morgan fingerprint density at radius 1 is 0.938 bits per heavy atom. The van der Waals surface area contributed by atoms with Gasteiger partial charge in [0.05, 0.1) is 12.5 Å². The zero-order valence-electron chi connectivity index (χ0n) is 17.3. The number of hydrogen-bond donors (Lipinski definition) is 4. The Morgan fingerprint density at radius 2 is 1.62 bits per heavy atom. The number of nitrogens with one attached hydrogen (secondary N) is 2. The number of rotatable bonds is 9. The molecule has 0 heterocycles. The first-order chi connectivity index (χ1) is 15.3. The number of benzene rings is 3. The molecule has 3 aromatic rings. The van der Waals surface area contributed by atoms with Crippen molar-refractivity contribution in [3.63, 3.8) is 0 Å². The lowest BCUT2D eigenvalue weighted by molar-refractivity contribution is -0.139. The van der Waals surface area contributed by atoms with E-state index >= 15 is 0 Å². The van der Waals surface area contributed by atoms with Crippen molar-refractivity contribution in [2.75, 3.05) is 0 Å². The number of carbonyl (C=O) groups is 3. The summed E-state index contributed by atoms with van der Waals surface area (Å²) in [4.78, 5) is 36.1. The number of carboxylic acid groups (broad SMARTS) is 1. The number of nitrogens with two attached hydrogens (primary N) is 1. The van der Waals surface area contributed by atoms with Crippen molar-refractivity contribution < 1.29 is 23.9 Å². The Bertz CT molecular complexity index is 1110. The normalized spacial score (nSPS) is 12.7. The van der Waals surface area contributed by atoms with Gasteiger partial charge in [0.25, 0.3) is 0 Å². The number of fused-ring (bicyclic) bond motifs is 1. The summed E-state index contributed by atoms with van der Waals surface area (Å²) in [7, 11) is 0. The topological polar surface area (TPSA) is 122 Å². The molecular formula is C24H24FN3O4. The largest absolute Gasteiger partial charge is 0.481 e. The molecule has 0 spiro atoms. The Hall–Kier alpha value is -3.78. The highest BCUT2D eigenvalue weighted by molar-refractivity contribution is 5.92. The van der Waals surface area contributed by atoms with E-state index in [1.165, 1.54) is 24.3 Å². The molecule has 0 bridgehead atoms. The van der Waals surface area contributed by atoms with Crippen molar-refractivity contribution in [3.8, 4) is 0 Å². The molecule has 0 saturated heterocycles. The van der Waals surface area contributed by atoms with E-state index in [4.69, 9.17) is 10.8 Å². The molecule has 7 nitrogen and oxygen atoms in total. The molecule has 0 aromatic heterocycles. The Kier molecular flexibility index (Phi) is 7.51. The van der Waals surface area contributed by atoms with Crippen LogP contribution in [0.25, 0.3) is 10.8 Å². The van der Waals surface area contributed by atoms with Crippen LogP contribution in [0.2, 0.25) is 0 Å². The summed E-state index contributed by atoms with van der Waals surface area (Å²) < 4.78 is 13.2. The second-order valence-corrected chi connectivity index (χ2v) is 7.45. The third-order valence-corrected chi connectivity index (χ3v) is 5.05. The molecule has 8 heteroatoms. The number of carbonyl (C=O) groups excluding carboxylic acids is 2. The summed E-state index contributed by atoms with van der Waals surface area (Å²) in [5, 5.41) is 16.2. The Balaban J connectivity index is 1.74. The predicted octanol–water partition coefficient (Wildman–Crippen LogP) is 2.12. The average molecular weight is 437 g/mol. The first kappa shape index (κ1) is 22.9. The highest BCUT2D eigenvalue weighted by Crippen LogP contribution is 2.18. The molecule has 0 saturated carbocycles. The summed E-state index contributed by atoms with van der Waals surface area (Å²) >= 11 is 0. The van der Waals surface area contributed by atoms with Gasteiger partial charge in [-0.25, -0.2) is 4.39 Å². The van der Waals surface area contributed by atoms with Gasteiger partial charge in [0.1, 0.15) is 11.9 Å². The average Bonchev–Trinajstić information content (AvgIpc) is 2.77. The molecule has 0 aliphatic carbocycles. The quantitative estimate of drug-likeness (QED) is 0.409. The summed E-state index contributed by atoms with van der Waals surface area (Å²) in [6.45, 7) is 0.233. The maximum absolute atomic E-state index is 13.2. The Labute approximate surface area is 184 Å². The van der Waals surface area contributed by atoms with Gasteiger partial charge in [-0.15, -0.1) is 0 Å². The van der Waals surface area contributed by atoms with Crippen molar-refractivity contribution in [2.24, 2.45) is 5.73 Å². The number of carboxylic acids is 1. The molecule has 2 unspecified atom stereocenters. The molecule has 0 aliphatic heterocycles. The highest BCUT2D eigenvalue weighted by atomic mass is 19.1. The molecule has 2 amide bonds. The lowest BCUT2D eigenvalue weighted by Crippen LogP contribution is -2.52. The van der Waals surface area contributed by atoms with Crippen LogP contribution >= 0.6 is 0 Å². The number of hydrogen-bond acceptors (Lipinski definition) is 4. The van der Waals surface area contributed by atoms with E-state index in [-0.39, 0.29) is 13.0 Å². The zero-order valence-corrected chi connectivity index (χ0v) is 17.3. The zero-order chi connectivity index (χ0) is 23.1. The van der Waals surface area contributed by atoms with Gasteiger partial charge in [0.2, 0.25) is 11.8 Å². The van der Waals surface area contributed by atoms with Crippen molar-refractivity contribution in [3.05, 3.63) is 83.7 Å². The number of aliphatic carboxylic acids is 1. The maximum Gasteiger partial charge on any atom is 0.305 e. The molecule has 166 valence electrons. The maximum atomic E-state index is 13.2. The van der Waals surface area contributed by atoms with Gasteiger partial charge < -0.3 is 21.5 Å². The summed E-state index contributed by atoms with van der Waals surface area (Å²) in [6, 6.07) is 16.8. The summed E-state index contributed by atoms with van der Waals surface area (Å²) in [6.07, 6.45) is -0.472. The van der Waals surface area contributed by atoms with E-state index in [9.17, 15) is 18.8 Å². The molecule has 5 N–H and O–H groups in total.